The first-order valence-corrected chi connectivity index (χ1v) is 6.90. The molecular formula is C11H13F3O4S. The fourth-order valence-electron chi connectivity index (χ4n) is 1.10. The van der Waals surface area contributed by atoms with Crippen LogP contribution < -0.4 is 8.92 Å². The van der Waals surface area contributed by atoms with Crippen LogP contribution in [0.1, 0.15) is 19.8 Å². The van der Waals surface area contributed by atoms with Gasteiger partial charge in [-0.25, -0.2) is 0 Å². The molecule has 0 aliphatic heterocycles. The average Bonchev–Trinajstić information content (AvgIpc) is 2.30. The van der Waals surface area contributed by atoms with E-state index in [1.54, 1.807) is 0 Å². The van der Waals surface area contributed by atoms with E-state index in [1.165, 1.54) is 12.1 Å². The van der Waals surface area contributed by atoms with Gasteiger partial charge in [-0.3, -0.25) is 0 Å². The van der Waals surface area contributed by atoms with E-state index in [1.807, 2.05) is 6.92 Å². The largest absolute Gasteiger partial charge is 0.534 e. The minimum atomic E-state index is -5.63. The van der Waals surface area contributed by atoms with Crippen LogP contribution in [-0.4, -0.2) is 20.5 Å². The standard InChI is InChI=1S/C11H13F3O4S/c1-2-3-8-17-9-4-6-10(7-5-9)18-19(15,16)11(12,13)14/h4-7H,2-3,8H2,1H3. The molecule has 0 unspecified atom stereocenters. The molecule has 0 spiro atoms. The molecule has 0 aliphatic carbocycles. The molecule has 0 amide bonds. The molecule has 19 heavy (non-hydrogen) atoms. The summed E-state index contributed by atoms with van der Waals surface area (Å²) in [5.74, 6) is 0.0189. The number of hydrogen-bond donors (Lipinski definition) is 0. The van der Waals surface area contributed by atoms with E-state index in [0.717, 1.165) is 25.0 Å². The van der Waals surface area contributed by atoms with Crippen molar-refractivity contribution in [3.8, 4) is 11.5 Å². The van der Waals surface area contributed by atoms with Crippen LogP contribution in [0.25, 0.3) is 0 Å². The Morgan fingerprint density at radius 2 is 1.63 bits per heavy atom. The predicted octanol–water partition coefficient (Wildman–Crippen LogP) is 3.09. The van der Waals surface area contributed by atoms with Gasteiger partial charge in [0.15, 0.2) is 0 Å². The summed E-state index contributed by atoms with van der Waals surface area (Å²) >= 11 is 0. The fraction of sp³-hybridized carbons (Fsp3) is 0.455. The third-order valence-corrected chi connectivity index (χ3v) is 3.06. The maximum atomic E-state index is 12.1. The van der Waals surface area contributed by atoms with E-state index in [9.17, 15) is 21.6 Å². The molecule has 0 radical (unpaired) electrons. The van der Waals surface area contributed by atoms with Gasteiger partial charge in [0.1, 0.15) is 11.5 Å². The molecule has 0 atom stereocenters. The highest BCUT2D eigenvalue weighted by atomic mass is 32.2. The summed E-state index contributed by atoms with van der Waals surface area (Å²) < 4.78 is 66.9. The molecule has 108 valence electrons. The quantitative estimate of drug-likeness (QED) is 0.460. The average molecular weight is 298 g/mol. The Hall–Kier alpha value is -1.44. The zero-order chi connectivity index (χ0) is 14.5. The predicted molar refractivity (Wildman–Crippen MR) is 62.4 cm³/mol. The van der Waals surface area contributed by atoms with Crippen molar-refractivity contribution in [3.05, 3.63) is 24.3 Å². The maximum absolute atomic E-state index is 12.1. The maximum Gasteiger partial charge on any atom is 0.534 e. The van der Waals surface area contributed by atoms with E-state index < -0.39 is 21.4 Å². The Balaban J connectivity index is 2.67. The van der Waals surface area contributed by atoms with Crippen molar-refractivity contribution >= 4 is 10.1 Å². The monoisotopic (exact) mass is 298 g/mol. The second-order valence-electron chi connectivity index (χ2n) is 3.66. The number of ether oxygens (including phenoxy) is 1. The number of benzene rings is 1. The Morgan fingerprint density at radius 3 is 2.11 bits per heavy atom. The number of halogens is 3. The van der Waals surface area contributed by atoms with Crippen molar-refractivity contribution in [2.45, 2.75) is 25.3 Å². The number of hydrogen-bond acceptors (Lipinski definition) is 4. The molecule has 0 aromatic heterocycles. The molecule has 1 aromatic carbocycles. The third-order valence-electron chi connectivity index (χ3n) is 2.08. The van der Waals surface area contributed by atoms with Gasteiger partial charge in [-0.1, -0.05) is 13.3 Å². The molecule has 0 heterocycles. The van der Waals surface area contributed by atoms with Gasteiger partial charge in [-0.2, -0.15) is 21.6 Å². The van der Waals surface area contributed by atoms with Crippen molar-refractivity contribution in [2.24, 2.45) is 0 Å². The summed E-state index contributed by atoms with van der Waals surface area (Å²) in [6.07, 6.45) is 1.80. The van der Waals surface area contributed by atoms with Crippen LogP contribution >= 0.6 is 0 Å². The van der Waals surface area contributed by atoms with Crippen LogP contribution in [0.4, 0.5) is 13.2 Å². The fourth-order valence-corrected chi connectivity index (χ4v) is 1.56. The van der Waals surface area contributed by atoms with Crippen LogP contribution in [-0.2, 0) is 10.1 Å². The van der Waals surface area contributed by atoms with E-state index in [0.29, 0.717) is 12.4 Å². The van der Waals surface area contributed by atoms with Gasteiger partial charge in [0, 0.05) is 0 Å². The summed E-state index contributed by atoms with van der Waals surface area (Å²) in [4.78, 5) is 0. The van der Waals surface area contributed by atoms with Gasteiger partial charge < -0.3 is 8.92 Å². The van der Waals surface area contributed by atoms with Crippen molar-refractivity contribution in [1.29, 1.82) is 0 Å². The smallest absolute Gasteiger partial charge is 0.494 e. The third kappa shape index (κ3) is 4.62. The summed E-state index contributed by atoms with van der Waals surface area (Å²) in [6, 6.07) is 4.89. The molecule has 0 saturated heterocycles. The van der Waals surface area contributed by atoms with Crippen molar-refractivity contribution in [1.82, 2.24) is 0 Å². The van der Waals surface area contributed by atoms with Crippen molar-refractivity contribution in [2.75, 3.05) is 6.61 Å². The second kappa shape index (κ2) is 6.14. The molecule has 0 fully saturated rings. The molecule has 0 aliphatic rings. The zero-order valence-corrected chi connectivity index (χ0v) is 10.9. The van der Waals surface area contributed by atoms with E-state index >= 15 is 0 Å². The lowest BCUT2D eigenvalue weighted by Crippen LogP contribution is -2.28. The molecule has 0 bridgehead atoms. The first-order chi connectivity index (χ1) is 8.76. The van der Waals surface area contributed by atoms with Crippen LogP contribution in [0.2, 0.25) is 0 Å². The van der Waals surface area contributed by atoms with E-state index in [2.05, 4.69) is 4.18 Å². The highest BCUT2D eigenvalue weighted by molar-refractivity contribution is 7.87. The summed E-state index contributed by atoms with van der Waals surface area (Å²) in [7, 11) is -5.63. The van der Waals surface area contributed by atoms with Crippen LogP contribution in [0.3, 0.4) is 0 Å². The molecule has 1 aromatic rings. The van der Waals surface area contributed by atoms with Gasteiger partial charge in [0.25, 0.3) is 0 Å². The lowest BCUT2D eigenvalue weighted by Gasteiger charge is -2.10. The summed E-state index contributed by atoms with van der Waals surface area (Å²) in [5, 5.41) is 0. The highest BCUT2D eigenvalue weighted by Crippen LogP contribution is 2.27. The topological polar surface area (TPSA) is 52.6 Å². The Kier molecular flexibility index (Phi) is 5.04. The molecule has 1 rings (SSSR count). The van der Waals surface area contributed by atoms with Gasteiger partial charge >= 0.3 is 15.6 Å². The highest BCUT2D eigenvalue weighted by Gasteiger charge is 2.48. The first kappa shape index (κ1) is 15.6. The summed E-state index contributed by atoms with van der Waals surface area (Å²) in [5.41, 5.74) is -5.44. The number of rotatable bonds is 6. The van der Waals surface area contributed by atoms with Gasteiger partial charge in [-0.15, -0.1) is 0 Å². The minimum Gasteiger partial charge on any atom is -0.494 e. The Labute approximate surface area is 109 Å². The second-order valence-corrected chi connectivity index (χ2v) is 5.19. The SMILES string of the molecule is CCCCOc1ccc(OS(=O)(=O)C(F)(F)F)cc1. The molecule has 0 saturated carbocycles. The van der Waals surface area contributed by atoms with E-state index in [4.69, 9.17) is 4.74 Å². The Morgan fingerprint density at radius 1 is 1.11 bits per heavy atom. The van der Waals surface area contributed by atoms with Crippen LogP contribution in [0.15, 0.2) is 24.3 Å². The van der Waals surface area contributed by atoms with Crippen molar-refractivity contribution < 1.29 is 30.5 Å². The van der Waals surface area contributed by atoms with E-state index in [-0.39, 0.29) is 0 Å². The first-order valence-electron chi connectivity index (χ1n) is 5.50. The number of unbranched alkanes of at least 4 members (excludes halogenated alkanes) is 1. The molecule has 4 nitrogen and oxygen atoms in total. The van der Waals surface area contributed by atoms with Gasteiger partial charge in [0.2, 0.25) is 0 Å². The summed E-state index contributed by atoms with van der Waals surface area (Å²) in [6.45, 7) is 2.47. The van der Waals surface area contributed by atoms with Gasteiger partial charge in [-0.05, 0) is 30.7 Å². The normalized spacial score (nSPS) is 12.2. The minimum absolute atomic E-state index is 0.417. The van der Waals surface area contributed by atoms with Crippen LogP contribution in [0, 0.1) is 0 Å². The lowest BCUT2D eigenvalue weighted by atomic mass is 10.3. The molecular weight excluding hydrogens is 285 g/mol. The van der Waals surface area contributed by atoms with Crippen molar-refractivity contribution in [3.63, 3.8) is 0 Å². The number of alkyl halides is 3. The van der Waals surface area contributed by atoms with Gasteiger partial charge in [0.05, 0.1) is 6.61 Å². The molecule has 8 heteroatoms. The Bertz CT molecular complexity index is 494. The molecule has 0 N–H and O–H groups in total. The zero-order valence-electron chi connectivity index (χ0n) is 10.1. The lowest BCUT2D eigenvalue weighted by molar-refractivity contribution is -0.0500. The van der Waals surface area contributed by atoms with Crippen LogP contribution in [0.5, 0.6) is 11.5 Å².